The first-order chi connectivity index (χ1) is 8.28. The summed E-state index contributed by atoms with van der Waals surface area (Å²) in [7, 11) is 1.81. The molecule has 2 rings (SSSR count). The Morgan fingerprint density at radius 1 is 1.39 bits per heavy atom. The van der Waals surface area contributed by atoms with E-state index in [1.165, 1.54) is 18.4 Å². The van der Waals surface area contributed by atoms with Crippen LogP contribution in [-0.4, -0.2) is 19.6 Å². The largest absolute Gasteiger partial charge is 0.356 e. The maximum absolute atomic E-state index is 4.21. The first-order valence-corrected chi connectivity index (χ1v) is 6.76. The summed E-state index contributed by atoms with van der Waals surface area (Å²) in [5.41, 5.74) is 1.24. The van der Waals surface area contributed by atoms with Crippen molar-refractivity contribution in [1.29, 1.82) is 0 Å². The van der Waals surface area contributed by atoms with E-state index in [0.717, 1.165) is 29.4 Å². The van der Waals surface area contributed by atoms with Crippen LogP contribution in [0.3, 0.4) is 0 Å². The van der Waals surface area contributed by atoms with Crippen LogP contribution in [0.1, 0.15) is 18.4 Å². The van der Waals surface area contributed by atoms with E-state index in [1.54, 1.807) is 0 Å². The zero-order valence-corrected chi connectivity index (χ0v) is 14.4. The van der Waals surface area contributed by atoms with Crippen LogP contribution in [0.4, 0.5) is 0 Å². The molecule has 5 heteroatoms. The number of nitrogens with one attached hydrogen (secondary N) is 2. The van der Waals surface area contributed by atoms with E-state index >= 15 is 0 Å². The van der Waals surface area contributed by atoms with Gasteiger partial charge in [0.1, 0.15) is 0 Å². The molecule has 0 unspecified atom stereocenters. The Hall–Kier alpha value is -0.300. The van der Waals surface area contributed by atoms with Crippen LogP contribution in [0.25, 0.3) is 0 Å². The average molecular weight is 424 g/mol. The molecule has 1 aliphatic rings. The van der Waals surface area contributed by atoms with Gasteiger partial charge >= 0.3 is 0 Å². The van der Waals surface area contributed by atoms with Gasteiger partial charge in [0.05, 0.1) is 0 Å². The van der Waals surface area contributed by atoms with E-state index in [4.69, 9.17) is 0 Å². The second-order valence-corrected chi connectivity index (χ2v) is 5.30. The molecular formula is C13H19BrIN3. The normalized spacial score (nSPS) is 14.9. The minimum atomic E-state index is 0. The molecule has 0 aliphatic heterocycles. The highest BCUT2D eigenvalue weighted by atomic mass is 127. The van der Waals surface area contributed by atoms with E-state index in [2.05, 4.69) is 43.7 Å². The lowest BCUT2D eigenvalue weighted by atomic mass is 10.2. The minimum Gasteiger partial charge on any atom is -0.356 e. The van der Waals surface area contributed by atoms with Crippen molar-refractivity contribution in [3.63, 3.8) is 0 Å². The van der Waals surface area contributed by atoms with Crippen LogP contribution in [0.15, 0.2) is 33.7 Å². The van der Waals surface area contributed by atoms with Crippen molar-refractivity contribution in [1.82, 2.24) is 10.6 Å². The fourth-order valence-corrected chi connectivity index (χ4v) is 2.06. The van der Waals surface area contributed by atoms with E-state index < -0.39 is 0 Å². The molecule has 18 heavy (non-hydrogen) atoms. The highest BCUT2D eigenvalue weighted by Crippen LogP contribution is 2.27. The first-order valence-electron chi connectivity index (χ1n) is 5.97. The summed E-state index contributed by atoms with van der Waals surface area (Å²) in [5.74, 6) is 1.75. The van der Waals surface area contributed by atoms with Crippen molar-refractivity contribution in [3.8, 4) is 0 Å². The van der Waals surface area contributed by atoms with Crippen LogP contribution < -0.4 is 10.6 Å². The molecular weight excluding hydrogens is 405 g/mol. The number of hydrogen-bond acceptors (Lipinski definition) is 1. The Morgan fingerprint density at radius 2 is 2.17 bits per heavy atom. The van der Waals surface area contributed by atoms with Crippen LogP contribution >= 0.6 is 39.9 Å². The van der Waals surface area contributed by atoms with E-state index in [-0.39, 0.29) is 24.0 Å². The van der Waals surface area contributed by atoms with Crippen molar-refractivity contribution in [2.45, 2.75) is 19.4 Å². The fourth-order valence-electron chi connectivity index (χ4n) is 1.62. The molecule has 0 saturated heterocycles. The number of hydrogen-bond donors (Lipinski definition) is 2. The van der Waals surface area contributed by atoms with Gasteiger partial charge in [0.25, 0.3) is 0 Å². The number of nitrogens with zero attached hydrogens (tertiary/aromatic N) is 1. The fraction of sp³-hybridized carbons (Fsp3) is 0.462. The number of guanidine groups is 1. The second-order valence-electron chi connectivity index (χ2n) is 4.38. The van der Waals surface area contributed by atoms with E-state index in [9.17, 15) is 0 Å². The topological polar surface area (TPSA) is 36.4 Å². The smallest absolute Gasteiger partial charge is 0.191 e. The third-order valence-electron chi connectivity index (χ3n) is 2.83. The summed E-state index contributed by atoms with van der Waals surface area (Å²) in [6.45, 7) is 1.84. The summed E-state index contributed by atoms with van der Waals surface area (Å²) in [6, 6.07) is 8.29. The number of rotatable bonds is 4. The van der Waals surface area contributed by atoms with Gasteiger partial charge in [0.2, 0.25) is 0 Å². The molecule has 0 bridgehead atoms. The van der Waals surface area contributed by atoms with Gasteiger partial charge in [-0.3, -0.25) is 4.99 Å². The van der Waals surface area contributed by atoms with Crippen molar-refractivity contribution >= 4 is 45.9 Å². The van der Waals surface area contributed by atoms with Gasteiger partial charge in [0, 0.05) is 24.6 Å². The average Bonchev–Trinajstić information content (AvgIpc) is 3.13. The summed E-state index contributed by atoms with van der Waals surface area (Å²) >= 11 is 3.47. The molecule has 3 nitrogen and oxygen atoms in total. The molecule has 1 aliphatic carbocycles. The SMILES string of the molecule is CN=C(NCc1cccc(Br)c1)NCC1CC1.I. The van der Waals surface area contributed by atoms with Gasteiger partial charge in [-0.15, -0.1) is 24.0 Å². The molecule has 0 aromatic heterocycles. The first kappa shape index (κ1) is 15.8. The van der Waals surface area contributed by atoms with E-state index in [0.29, 0.717) is 0 Å². The molecule has 0 heterocycles. The Bertz CT molecular complexity index is 405. The summed E-state index contributed by atoms with van der Waals surface area (Å²) in [6.07, 6.45) is 2.71. The predicted octanol–water partition coefficient (Wildman–Crippen LogP) is 3.14. The lowest BCUT2D eigenvalue weighted by Gasteiger charge is -2.11. The molecule has 1 fully saturated rings. The third-order valence-corrected chi connectivity index (χ3v) is 3.32. The Balaban J connectivity index is 0.00000162. The van der Waals surface area contributed by atoms with Gasteiger partial charge in [0.15, 0.2) is 5.96 Å². The zero-order chi connectivity index (χ0) is 12.1. The summed E-state index contributed by atoms with van der Waals surface area (Å²) in [4.78, 5) is 4.21. The molecule has 1 saturated carbocycles. The minimum absolute atomic E-state index is 0. The summed E-state index contributed by atoms with van der Waals surface area (Å²) < 4.78 is 1.11. The number of halogens is 2. The standard InChI is InChI=1S/C13H18BrN3.HI/c1-15-13(16-8-10-5-6-10)17-9-11-3-2-4-12(14)7-11;/h2-4,7,10H,5-6,8-9H2,1H3,(H2,15,16,17);1H. The van der Waals surface area contributed by atoms with Crippen molar-refractivity contribution in [2.24, 2.45) is 10.9 Å². The molecule has 100 valence electrons. The molecule has 0 radical (unpaired) electrons. The van der Waals surface area contributed by atoms with Crippen molar-refractivity contribution in [2.75, 3.05) is 13.6 Å². The van der Waals surface area contributed by atoms with Crippen LogP contribution in [0, 0.1) is 5.92 Å². The van der Waals surface area contributed by atoms with Gasteiger partial charge in [-0.05, 0) is 36.5 Å². The Labute approximate surface area is 134 Å². The van der Waals surface area contributed by atoms with E-state index in [1.807, 2.05) is 19.2 Å². The van der Waals surface area contributed by atoms with Gasteiger partial charge < -0.3 is 10.6 Å². The zero-order valence-electron chi connectivity index (χ0n) is 10.4. The van der Waals surface area contributed by atoms with Gasteiger partial charge in [-0.25, -0.2) is 0 Å². The maximum atomic E-state index is 4.21. The molecule has 0 amide bonds. The monoisotopic (exact) mass is 423 g/mol. The molecule has 0 atom stereocenters. The lowest BCUT2D eigenvalue weighted by molar-refractivity contribution is 0.737. The Kier molecular flexibility index (Phi) is 6.99. The Morgan fingerprint density at radius 3 is 2.78 bits per heavy atom. The van der Waals surface area contributed by atoms with Gasteiger partial charge in [-0.2, -0.15) is 0 Å². The number of aliphatic imine (C=N–C) groups is 1. The maximum Gasteiger partial charge on any atom is 0.191 e. The highest BCUT2D eigenvalue weighted by molar-refractivity contribution is 14.0. The van der Waals surface area contributed by atoms with Crippen LogP contribution in [0.2, 0.25) is 0 Å². The van der Waals surface area contributed by atoms with Crippen LogP contribution in [0.5, 0.6) is 0 Å². The quantitative estimate of drug-likeness (QED) is 0.443. The molecule has 1 aromatic carbocycles. The molecule has 0 spiro atoms. The third kappa shape index (κ3) is 5.56. The highest BCUT2D eigenvalue weighted by Gasteiger charge is 2.20. The lowest BCUT2D eigenvalue weighted by Crippen LogP contribution is -2.37. The van der Waals surface area contributed by atoms with Crippen LogP contribution in [-0.2, 0) is 6.54 Å². The molecule has 2 N–H and O–H groups in total. The van der Waals surface area contributed by atoms with Gasteiger partial charge in [-0.1, -0.05) is 28.1 Å². The summed E-state index contributed by atoms with van der Waals surface area (Å²) in [5, 5.41) is 6.66. The second kappa shape index (κ2) is 7.99. The predicted molar refractivity (Wildman–Crippen MR) is 90.5 cm³/mol. The number of benzene rings is 1. The van der Waals surface area contributed by atoms with Crippen molar-refractivity contribution < 1.29 is 0 Å². The molecule has 1 aromatic rings. The van der Waals surface area contributed by atoms with Crippen molar-refractivity contribution in [3.05, 3.63) is 34.3 Å².